The zero-order chi connectivity index (χ0) is 12.1. The molecule has 0 aliphatic heterocycles. The van der Waals surface area contributed by atoms with E-state index in [1.54, 1.807) is 6.92 Å². The molecule has 0 radical (unpaired) electrons. The maximum absolute atomic E-state index is 11.6. The third-order valence-electron chi connectivity index (χ3n) is 2.06. The van der Waals surface area contributed by atoms with Crippen LogP contribution >= 0.6 is 0 Å². The number of pyridine rings is 1. The van der Waals surface area contributed by atoms with Gasteiger partial charge in [-0.05, 0) is 12.5 Å². The first-order valence-corrected chi connectivity index (χ1v) is 4.73. The summed E-state index contributed by atoms with van der Waals surface area (Å²) in [6.07, 6.45) is 2.74. The Labute approximate surface area is 91.9 Å². The third-order valence-corrected chi connectivity index (χ3v) is 2.06. The second-order valence-electron chi connectivity index (χ2n) is 3.17. The molecule has 6 heteroatoms. The summed E-state index contributed by atoms with van der Waals surface area (Å²) in [4.78, 5) is 25.9. The van der Waals surface area contributed by atoms with Crippen molar-refractivity contribution >= 4 is 11.9 Å². The summed E-state index contributed by atoms with van der Waals surface area (Å²) in [5, 5.41) is 20.4. The van der Waals surface area contributed by atoms with Gasteiger partial charge in [0.15, 0.2) is 0 Å². The predicted octanol–water partition coefficient (Wildman–Crippen LogP) is 0.380. The van der Waals surface area contributed by atoms with Crippen LogP contribution in [-0.4, -0.2) is 33.1 Å². The highest BCUT2D eigenvalue weighted by molar-refractivity contribution is 5.98. The zero-order valence-corrected chi connectivity index (χ0v) is 8.67. The molecule has 0 aliphatic carbocycles. The van der Waals surface area contributed by atoms with Crippen LogP contribution in [0.1, 0.15) is 23.7 Å². The van der Waals surface area contributed by atoms with Gasteiger partial charge >= 0.3 is 5.97 Å². The number of hydrogen-bond acceptors (Lipinski definition) is 4. The van der Waals surface area contributed by atoms with Crippen LogP contribution in [0.5, 0.6) is 5.75 Å². The van der Waals surface area contributed by atoms with E-state index in [-0.39, 0.29) is 17.7 Å². The van der Waals surface area contributed by atoms with E-state index in [1.807, 2.05) is 0 Å². The summed E-state index contributed by atoms with van der Waals surface area (Å²) in [5.41, 5.74) is 0.00898. The van der Waals surface area contributed by atoms with Crippen molar-refractivity contribution in [3.05, 3.63) is 24.0 Å². The molecule has 1 heterocycles. The molecule has 0 aliphatic rings. The molecule has 1 aromatic heterocycles. The van der Waals surface area contributed by atoms with Crippen LogP contribution in [0.25, 0.3) is 0 Å². The minimum Gasteiger partial charge on any atom is -0.505 e. The van der Waals surface area contributed by atoms with E-state index in [9.17, 15) is 14.7 Å². The van der Waals surface area contributed by atoms with E-state index in [0.29, 0.717) is 0 Å². The van der Waals surface area contributed by atoms with E-state index in [1.165, 1.54) is 12.3 Å². The van der Waals surface area contributed by atoms with Crippen LogP contribution in [0.4, 0.5) is 0 Å². The average Bonchev–Trinajstić information content (AvgIpc) is 2.25. The largest absolute Gasteiger partial charge is 0.505 e. The smallest absolute Gasteiger partial charge is 0.326 e. The summed E-state index contributed by atoms with van der Waals surface area (Å²) in [6.45, 7) is 1.64. The Morgan fingerprint density at radius 2 is 2.25 bits per heavy atom. The van der Waals surface area contributed by atoms with Gasteiger partial charge in [0.05, 0.1) is 11.8 Å². The monoisotopic (exact) mass is 224 g/mol. The minimum atomic E-state index is -1.11. The summed E-state index contributed by atoms with van der Waals surface area (Å²) in [5.74, 6) is -2.02. The lowest BCUT2D eigenvalue weighted by Crippen LogP contribution is -2.40. The highest BCUT2D eigenvalue weighted by Crippen LogP contribution is 2.13. The molecule has 1 aromatic rings. The Kier molecular flexibility index (Phi) is 3.82. The van der Waals surface area contributed by atoms with E-state index >= 15 is 0 Å². The Hall–Kier alpha value is -2.11. The number of carboxylic acids is 1. The molecule has 1 atom stereocenters. The van der Waals surface area contributed by atoms with Crippen molar-refractivity contribution in [3.63, 3.8) is 0 Å². The Morgan fingerprint density at radius 1 is 1.56 bits per heavy atom. The SMILES string of the molecule is CC[C@@H](NC(=O)c1ccncc1O)C(=O)O. The number of aliphatic carboxylic acids is 1. The standard InChI is InChI=1S/C10H12N2O4/c1-2-7(10(15)16)12-9(14)6-3-4-11-5-8(6)13/h3-5,7,13H,2H2,1H3,(H,12,14)(H,15,16)/t7-/m1/s1. The summed E-state index contributed by atoms with van der Waals surface area (Å²) < 4.78 is 0. The van der Waals surface area contributed by atoms with Gasteiger partial charge in [-0.1, -0.05) is 6.92 Å². The lowest BCUT2D eigenvalue weighted by atomic mass is 10.2. The highest BCUT2D eigenvalue weighted by Gasteiger charge is 2.19. The molecule has 3 N–H and O–H groups in total. The maximum Gasteiger partial charge on any atom is 0.326 e. The molecule has 1 amide bonds. The number of hydrogen-bond donors (Lipinski definition) is 3. The first-order valence-electron chi connectivity index (χ1n) is 4.73. The van der Waals surface area contributed by atoms with Crippen molar-refractivity contribution in [2.45, 2.75) is 19.4 Å². The molecule has 0 aromatic carbocycles. The highest BCUT2D eigenvalue weighted by atomic mass is 16.4. The number of carbonyl (C=O) groups excluding carboxylic acids is 1. The molecule has 0 unspecified atom stereocenters. The molecule has 0 saturated heterocycles. The van der Waals surface area contributed by atoms with Gasteiger partial charge in [0, 0.05) is 6.20 Å². The normalized spacial score (nSPS) is 11.8. The summed E-state index contributed by atoms with van der Waals surface area (Å²) in [7, 11) is 0. The van der Waals surface area contributed by atoms with Gasteiger partial charge in [-0.3, -0.25) is 9.78 Å². The van der Waals surface area contributed by atoms with Crippen molar-refractivity contribution in [2.75, 3.05) is 0 Å². The van der Waals surface area contributed by atoms with E-state index in [0.717, 1.165) is 6.20 Å². The Balaban J connectivity index is 2.80. The van der Waals surface area contributed by atoms with Crippen molar-refractivity contribution in [2.24, 2.45) is 0 Å². The van der Waals surface area contributed by atoms with E-state index in [4.69, 9.17) is 5.11 Å². The molecular weight excluding hydrogens is 212 g/mol. The first-order chi connectivity index (χ1) is 7.56. The molecule has 6 nitrogen and oxygen atoms in total. The Morgan fingerprint density at radius 3 is 2.75 bits per heavy atom. The minimum absolute atomic E-state index is 0.00898. The van der Waals surface area contributed by atoms with Gasteiger partial charge in [-0.2, -0.15) is 0 Å². The topological polar surface area (TPSA) is 99.5 Å². The van der Waals surface area contributed by atoms with E-state index < -0.39 is 17.9 Å². The fourth-order valence-corrected chi connectivity index (χ4v) is 1.15. The third kappa shape index (κ3) is 2.69. The molecule has 16 heavy (non-hydrogen) atoms. The van der Waals surface area contributed by atoms with Gasteiger partial charge < -0.3 is 15.5 Å². The average molecular weight is 224 g/mol. The second kappa shape index (κ2) is 5.11. The number of rotatable bonds is 4. The molecular formula is C10H12N2O4. The number of amides is 1. The molecule has 0 spiro atoms. The van der Waals surface area contributed by atoms with E-state index in [2.05, 4.69) is 10.3 Å². The molecule has 0 saturated carbocycles. The van der Waals surface area contributed by atoms with Crippen LogP contribution in [-0.2, 0) is 4.79 Å². The number of carbonyl (C=O) groups is 2. The van der Waals surface area contributed by atoms with Crippen LogP contribution in [0.3, 0.4) is 0 Å². The number of aromatic hydroxyl groups is 1. The molecule has 0 fully saturated rings. The lowest BCUT2D eigenvalue weighted by molar-refractivity contribution is -0.139. The van der Waals surface area contributed by atoms with Crippen molar-refractivity contribution < 1.29 is 19.8 Å². The first kappa shape index (κ1) is 12.0. The zero-order valence-electron chi connectivity index (χ0n) is 8.67. The second-order valence-corrected chi connectivity index (χ2v) is 3.17. The van der Waals surface area contributed by atoms with Crippen LogP contribution in [0.15, 0.2) is 18.5 Å². The van der Waals surface area contributed by atoms with Crippen molar-refractivity contribution in [3.8, 4) is 5.75 Å². The van der Waals surface area contributed by atoms with Gasteiger partial charge in [0.2, 0.25) is 0 Å². The van der Waals surface area contributed by atoms with Gasteiger partial charge in [-0.25, -0.2) is 4.79 Å². The summed E-state index contributed by atoms with van der Waals surface area (Å²) >= 11 is 0. The number of nitrogens with zero attached hydrogens (tertiary/aromatic N) is 1. The van der Waals surface area contributed by atoms with Crippen LogP contribution in [0, 0.1) is 0 Å². The fraction of sp³-hybridized carbons (Fsp3) is 0.300. The van der Waals surface area contributed by atoms with Crippen LogP contribution in [0.2, 0.25) is 0 Å². The number of nitrogens with one attached hydrogen (secondary N) is 1. The quantitative estimate of drug-likeness (QED) is 0.686. The predicted molar refractivity (Wildman–Crippen MR) is 55.1 cm³/mol. The maximum atomic E-state index is 11.6. The Bertz CT molecular complexity index is 406. The number of aromatic nitrogens is 1. The summed E-state index contributed by atoms with van der Waals surface area (Å²) in [6, 6.07) is 0.360. The molecule has 1 rings (SSSR count). The van der Waals surface area contributed by atoms with Gasteiger partial charge in [0.1, 0.15) is 11.8 Å². The fourth-order valence-electron chi connectivity index (χ4n) is 1.15. The number of carboxylic acid groups (broad SMARTS) is 1. The molecule has 86 valence electrons. The van der Waals surface area contributed by atoms with Gasteiger partial charge in [-0.15, -0.1) is 0 Å². The molecule has 0 bridgehead atoms. The van der Waals surface area contributed by atoms with Crippen molar-refractivity contribution in [1.29, 1.82) is 0 Å². The van der Waals surface area contributed by atoms with Gasteiger partial charge in [0.25, 0.3) is 5.91 Å². The van der Waals surface area contributed by atoms with Crippen LogP contribution < -0.4 is 5.32 Å². The lowest BCUT2D eigenvalue weighted by Gasteiger charge is -2.12. The van der Waals surface area contributed by atoms with Crippen molar-refractivity contribution in [1.82, 2.24) is 10.3 Å².